The number of hydrogen-bond donors (Lipinski definition) is 1. The zero-order chi connectivity index (χ0) is 17.9. The van der Waals surface area contributed by atoms with Gasteiger partial charge in [-0.15, -0.1) is 0 Å². The van der Waals surface area contributed by atoms with Crippen LogP contribution < -0.4 is 5.32 Å². The Morgan fingerprint density at radius 1 is 1.25 bits per heavy atom. The molecule has 0 aliphatic rings. The monoisotopic (exact) mass is 379 g/mol. The van der Waals surface area contributed by atoms with Gasteiger partial charge in [-0.3, -0.25) is 4.79 Å². The van der Waals surface area contributed by atoms with E-state index in [9.17, 15) is 10.1 Å². The molecule has 1 aromatic heterocycles. The van der Waals surface area contributed by atoms with E-state index in [1.807, 2.05) is 19.9 Å². The maximum absolute atomic E-state index is 12.4. The van der Waals surface area contributed by atoms with Crippen molar-refractivity contribution >= 4 is 46.6 Å². The number of nitrogens with zero attached hydrogens (tertiary/aromatic N) is 2. The molecule has 0 bridgehead atoms. The van der Waals surface area contributed by atoms with Crippen molar-refractivity contribution in [2.75, 3.05) is 5.32 Å². The van der Waals surface area contributed by atoms with Gasteiger partial charge in [-0.2, -0.15) is 5.26 Å². The van der Waals surface area contributed by atoms with Crippen molar-refractivity contribution in [1.82, 2.24) is 4.98 Å². The molecule has 1 aromatic carbocycles. The summed E-state index contributed by atoms with van der Waals surface area (Å²) in [5.41, 5.74) is 2.68. The molecular formula is C17H15Cl2N3OS. The molecule has 1 unspecified atom stereocenters. The summed E-state index contributed by atoms with van der Waals surface area (Å²) in [6.07, 6.45) is 0. The number of rotatable bonds is 4. The Bertz CT molecular complexity index is 813. The number of anilines is 1. The van der Waals surface area contributed by atoms with Crippen LogP contribution in [0, 0.1) is 25.2 Å². The van der Waals surface area contributed by atoms with E-state index < -0.39 is 5.25 Å². The highest BCUT2D eigenvalue weighted by Crippen LogP contribution is 2.29. The minimum atomic E-state index is -0.441. The lowest BCUT2D eigenvalue weighted by Gasteiger charge is -2.14. The van der Waals surface area contributed by atoms with Crippen LogP contribution in [0.4, 0.5) is 5.69 Å². The number of aromatic nitrogens is 1. The van der Waals surface area contributed by atoms with Crippen molar-refractivity contribution in [2.24, 2.45) is 0 Å². The lowest BCUT2D eigenvalue weighted by molar-refractivity contribution is -0.115. The van der Waals surface area contributed by atoms with Crippen LogP contribution in [0.15, 0.2) is 29.3 Å². The Kier molecular flexibility index (Phi) is 6.11. The molecule has 1 N–H and O–H groups in total. The van der Waals surface area contributed by atoms with Crippen LogP contribution in [-0.2, 0) is 4.79 Å². The van der Waals surface area contributed by atoms with Crippen LogP contribution in [-0.4, -0.2) is 16.1 Å². The van der Waals surface area contributed by atoms with Gasteiger partial charge in [0.25, 0.3) is 0 Å². The zero-order valence-corrected chi connectivity index (χ0v) is 15.7. The predicted molar refractivity (Wildman–Crippen MR) is 98.8 cm³/mol. The first kappa shape index (κ1) is 18.6. The van der Waals surface area contributed by atoms with Crippen molar-refractivity contribution in [2.45, 2.75) is 31.0 Å². The van der Waals surface area contributed by atoms with Gasteiger partial charge in [-0.05, 0) is 50.6 Å². The fourth-order valence-electron chi connectivity index (χ4n) is 2.11. The number of carbonyl (C=O) groups excluding carboxylic acids is 1. The molecule has 0 radical (unpaired) electrons. The van der Waals surface area contributed by atoms with Gasteiger partial charge >= 0.3 is 0 Å². The van der Waals surface area contributed by atoms with E-state index in [0.29, 0.717) is 26.3 Å². The number of halogens is 2. The SMILES string of the molecule is Cc1cc(C)c(C#N)c(SC(C)C(=O)Nc2cc(Cl)cc(Cl)c2)n1. The highest BCUT2D eigenvalue weighted by atomic mass is 35.5. The second-order valence-corrected chi connectivity index (χ2v) is 7.48. The summed E-state index contributed by atoms with van der Waals surface area (Å²) < 4.78 is 0. The molecule has 0 fully saturated rings. The lowest BCUT2D eigenvalue weighted by Crippen LogP contribution is -2.22. The summed E-state index contributed by atoms with van der Waals surface area (Å²) in [6.45, 7) is 5.47. The maximum Gasteiger partial charge on any atom is 0.237 e. The normalized spacial score (nSPS) is 11.7. The predicted octanol–water partition coefficient (Wildman–Crippen LogP) is 5.00. The lowest BCUT2D eigenvalue weighted by atomic mass is 10.1. The molecule has 1 amide bonds. The molecule has 0 saturated carbocycles. The van der Waals surface area contributed by atoms with Crippen molar-refractivity contribution in [1.29, 1.82) is 5.26 Å². The van der Waals surface area contributed by atoms with Crippen LogP contribution in [0.25, 0.3) is 0 Å². The Morgan fingerprint density at radius 2 is 1.88 bits per heavy atom. The quantitative estimate of drug-likeness (QED) is 0.759. The van der Waals surface area contributed by atoms with Gasteiger partial charge in [0.1, 0.15) is 11.1 Å². The van der Waals surface area contributed by atoms with E-state index in [1.165, 1.54) is 11.8 Å². The number of amides is 1. The minimum Gasteiger partial charge on any atom is -0.325 e. The van der Waals surface area contributed by atoms with E-state index >= 15 is 0 Å². The second kappa shape index (κ2) is 7.89. The van der Waals surface area contributed by atoms with Gasteiger partial charge in [-0.25, -0.2) is 4.98 Å². The number of benzene rings is 1. The van der Waals surface area contributed by atoms with Crippen molar-refractivity contribution in [3.8, 4) is 6.07 Å². The maximum atomic E-state index is 12.4. The number of pyridine rings is 1. The molecule has 0 saturated heterocycles. The average Bonchev–Trinajstić information content (AvgIpc) is 2.45. The summed E-state index contributed by atoms with van der Waals surface area (Å²) in [5.74, 6) is -0.219. The van der Waals surface area contributed by atoms with E-state index in [-0.39, 0.29) is 5.91 Å². The third-order valence-electron chi connectivity index (χ3n) is 3.21. The number of nitriles is 1. The second-order valence-electron chi connectivity index (χ2n) is 5.28. The summed E-state index contributed by atoms with van der Waals surface area (Å²) in [6, 6.07) is 8.84. The molecule has 124 valence electrons. The third-order valence-corrected chi connectivity index (χ3v) is 4.73. The van der Waals surface area contributed by atoms with E-state index in [0.717, 1.165) is 11.3 Å². The molecule has 24 heavy (non-hydrogen) atoms. The number of carbonyl (C=O) groups is 1. The molecule has 4 nitrogen and oxygen atoms in total. The number of thioether (sulfide) groups is 1. The van der Waals surface area contributed by atoms with Crippen LogP contribution in [0.1, 0.15) is 23.7 Å². The first-order valence-electron chi connectivity index (χ1n) is 7.12. The van der Waals surface area contributed by atoms with Crippen LogP contribution in [0.5, 0.6) is 0 Å². The highest BCUT2D eigenvalue weighted by Gasteiger charge is 2.19. The third kappa shape index (κ3) is 4.64. The van der Waals surface area contributed by atoms with Gasteiger partial charge < -0.3 is 5.32 Å². The Labute approximate surface area is 155 Å². The fourth-order valence-corrected chi connectivity index (χ4v) is 3.66. The molecular weight excluding hydrogens is 365 g/mol. The number of nitrogens with one attached hydrogen (secondary N) is 1. The summed E-state index contributed by atoms with van der Waals surface area (Å²) in [5, 5.41) is 13.1. The van der Waals surface area contributed by atoms with Crippen molar-refractivity contribution in [3.63, 3.8) is 0 Å². The summed E-state index contributed by atoms with van der Waals surface area (Å²) in [4.78, 5) is 16.8. The molecule has 0 aliphatic carbocycles. The van der Waals surface area contributed by atoms with Gasteiger partial charge in [0.2, 0.25) is 5.91 Å². The smallest absolute Gasteiger partial charge is 0.237 e. The Balaban J connectivity index is 2.16. The van der Waals surface area contributed by atoms with Gasteiger partial charge in [0, 0.05) is 21.4 Å². The number of hydrogen-bond acceptors (Lipinski definition) is 4. The first-order chi connectivity index (χ1) is 11.3. The van der Waals surface area contributed by atoms with E-state index in [1.54, 1.807) is 25.1 Å². The van der Waals surface area contributed by atoms with Crippen molar-refractivity contribution < 1.29 is 4.79 Å². The topological polar surface area (TPSA) is 65.8 Å². The van der Waals surface area contributed by atoms with Gasteiger partial charge in [0.15, 0.2) is 0 Å². The Hall–Kier alpha value is -1.74. The van der Waals surface area contributed by atoms with Crippen LogP contribution in [0.3, 0.4) is 0 Å². The molecule has 1 atom stereocenters. The van der Waals surface area contributed by atoms with Gasteiger partial charge in [0.05, 0.1) is 10.8 Å². The molecule has 2 aromatic rings. The molecule has 1 heterocycles. The minimum absolute atomic E-state index is 0.219. The molecule has 7 heteroatoms. The van der Waals surface area contributed by atoms with Crippen LogP contribution >= 0.6 is 35.0 Å². The average molecular weight is 380 g/mol. The zero-order valence-electron chi connectivity index (χ0n) is 13.4. The largest absolute Gasteiger partial charge is 0.325 e. The molecule has 0 aliphatic heterocycles. The van der Waals surface area contributed by atoms with Gasteiger partial charge in [-0.1, -0.05) is 35.0 Å². The standard InChI is InChI=1S/C17H15Cl2N3OS/c1-9-4-10(2)21-17(15(9)8-20)24-11(3)16(23)22-14-6-12(18)5-13(19)7-14/h4-7,11H,1-3H3,(H,22,23). The van der Waals surface area contributed by atoms with E-state index in [4.69, 9.17) is 23.2 Å². The van der Waals surface area contributed by atoms with Crippen LogP contribution in [0.2, 0.25) is 10.0 Å². The number of aryl methyl sites for hydroxylation is 2. The molecule has 0 spiro atoms. The summed E-state index contributed by atoms with van der Waals surface area (Å²) >= 11 is 13.1. The summed E-state index contributed by atoms with van der Waals surface area (Å²) in [7, 11) is 0. The molecule has 2 rings (SSSR count). The Morgan fingerprint density at radius 3 is 2.46 bits per heavy atom. The fraction of sp³-hybridized carbons (Fsp3) is 0.235. The first-order valence-corrected chi connectivity index (χ1v) is 8.75. The van der Waals surface area contributed by atoms with E-state index in [2.05, 4.69) is 16.4 Å². The van der Waals surface area contributed by atoms with Crippen molar-refractivity contribution in [3.05, 3.63) is 51.1 Å². The highest BCUT2D eigenvalue weighted by molar-refractivity contribution is 8.00.